The predicted octanol–water partition coefficient (Wildman–Crippen LogP) is 3.14. The van der Waals surface area contributed by atoms with Crippen molar-refractivity contribution in [3.8, 4) is 0 Å². The number of nitrogens with one attached hydrogen (secondary N) is 2. The third-order valence-corrected chi connectivity index (χ3v) is 4.50. The number of fused-ring (bicyclic) bond motifs is 1. The number of aryl methyl sites for hydroxylation is 1. The van der Waals surface area contributed by atoms with E-state index in [9.17, 15) is 9.59 Å². The van der Waals surface area contributed by atoms with Crippen molar-refractivity contribution in [2.45, 2.75) is 39.5 Å². The zero-order valence-corrected chi connectivity index (χ0v) is 12.5. The Morgan fingerprint density at radius 2 is 2.14 bits per heavy atom. The van der Waals surface area contributed by atoms with Crippen molar-refractivity contribution in [2.75, 3.05) is 5.32 Å². The average molecular weight is 284 g/mol. The molecule has 0 saturated heterocycles. The monoisotopic (exact) mass is 284 g/mol. The van der Waals surface area contributed by atoms with Gasteiger partial charge in [-0.15, -0.1) is 0 Å². The molecule has 1 heterocycles. The Kier molecular flexibility index (Phi) is 3.53. The van der Waals surface area contributed by atoms with Crippen molar-refractivity contribution < 1.29 is 4.79 Å². The fourth-order valence-electron chi connectivity index (χ4n) is 2.92. The highest BCUT2D eigenvalue weighted by molar-refractivity contribution is 5.95. The number of benzene rings is 1. The van der Waals surface area contributed by atoms with Crippen LogP contribution in [0.2, 0.25) is 0 Å². The van der Waals surface area contributed by atoms with Gasteiger partial charge in [0.05, 0.1) is 5.52 Å². The number of aromatic amines is 1. The number of pyridine rings is 1. The molecule has 21 heavy (non-hydrogen) atoms. The molecule has 0 aliphatic heterocycles. The highest BCUT2D eigenvalue weighted by atomic mass is 16.2. The van der Waals surface area contributed by atoms with Crippen LogP contribution in [0.25, 0.3) is 10.9 Å². The van der Waals surface area contributed by atoms with E-state index in [-0.39, 0.29) is 17.4 Å². The van der Waals surface area contributed by atoms with Gasteiger partial charge in [-0.3, -0.25) is 9.59 Å². The first-order valence-electron chi connectivity index (χ1n) is 7.56. The summed E-state index contributed by atoms with van der Waals surface area (Å²) in [4.78, 5) is 26.9. The van der Waals surface area contributed by atoms with Crippen LogP contribution in [0.5, 0.6) is 0 Å². The summed E-state index contributed by atoms with van der Waals surface area (Å²) in [5.41, 5.74) is 3.34. The Morgan fingerprint density at radius 1 is 1.38 bits per heavy atom. The number of aromatic nitrogens is 1. The van der Waals surface area contributed by atoms with Crippen LogP contribution in [0.4, 0.5) is 5.69 Å². The number of hydrogen-bond donors (Lipinski definition) is 2. The molecule has 3 rings (SSSR count). The van der Waals surface area contributed by atoms with Gasteiger partial charge < -0.3 is 10.3 Å². The fraction of sp³-hybridized carbons (Fsp3) is 0.412. The maximum absolute atomic E-state index is 12.0. The maximum Gasteiger partial charge on any atom is 0.251 e. The zero-order valence-electron chi connectivity index (χ0n) is 12.5. The van der Waals surface area contributed by atoms with Crippen LogP contribution in [-0.4, -0.2) is 10.9 Å². The minimum Gasteiger partial charge on any atom is -0.326 e. The molecular weight excluding hydrogens is 264 g/mol. The second-order valence-corrected chi connectivity index (χ2v) is 5.79. The lowest BCUT2D eigenvalue weighted by molar-refractivity contribution is -0.122. The van der Waals surface area contributed by atoms with Gasteiger partial charge in [-0.05, 0) is 43.9 Å². The molecule has 0 radical (unpaired) electrons. The smallest absolute Gasteiger partial charge is 0.251 e. The van der Waals surface area contributed by atoms with E-state index in [2.05, 4.69) is 10.3 Å². The van der Waals surface area contributed by atoms with E-state index in [0.29, 0.717) is 0 Å². The summed E-state index contributed by atoms with van der Waals surface area (Å²) in [6.07, 6.45) is 3.82. The van der Waals surface area contributed by atoms with E-state index >= 15 is 0 Å². The maximum atomic E-state index is 12.0. The molecule has 1 amide bonds. The van der Waals surface area contributed by atoms with Crippen molar-refractivity contribution in [1.82, 2.24) is 4.98 Å². The van der Waals surface area contributed by atoms with Crippen LogP contribution in [0, 0.1) is 12.8 Å². The molecule has 1 aromatic heterocycles. The zero-order chi connectivity index (χ0) is 15.0. The molecule has 1 aliphatic carbocycles. The molecule has 0 unspecified atom stereocenters. The second-order valence-electron chi connectivity index (χ2n) is 5.79. The Labute approximate surface area is 123 Å². The summed E-state index contributed by atoms with van der Waals surface area (Å²) < 4.78 is 0. The number of amides is 1. The Morgan fingerprint density at radius 3 is 2.76 bits per heavy atom. The van der Waals surface area contributed by atoms with E-state index < -0.39 is 0 Å². The van der Waals surface area contributed by atoms with Crippen molar-refractivity contribution in [3.05, 3.63) is 39.7 Å². The minimum absolute atomic E-state index is 0.0371. The van der Waals surface area contributed by atoms with Crippen molar-refractivity contribution in [2.24, 2.45) is 5.92 Å². The third-order valence-electron chi connectivity index (χ3n) is 4.50. The van der Waals surface area contributed by atoms with E-state index in [1.807, 2.05) is 32.0 Å². The molecule has 1 fully saturated rings. The van der Waals surface area contributed by atoms with Crippen molar-refractivity contribution in [3.63, 3.8) is 0 Å². The predicted molar refractivity (Wildman–Crippen MR) is 84.7 cm³/mol. The average Bonchev–Trinajstić information content (AvgIpc) is 2.36. The van der Waals surface area contributed by atoms with Crippen LogP contribution in [0.15, 0.2) is 23.0 Å². The highest BCUT2D eigenvalue weighted by Gasteiger charge is 2.25. The van der Waals surface area contributed by atoms with Gasteiger partial charge in [-0.1, -0.05) is 19.4 Å². The molecule has 4 nitrogen and oxygen atoms in total. The Balaban J connectivity index is 1.96. The largest absolute Gasteiger partial charge is 0.326 e. The molecule has 0 bridgehead atoms. The number of carbonyl (C=O) groups excluding carboxylic acids is 1. The second kappa shape index (κ2) is 5.35. The highest BCUT2D eigenvalue weighted by Crippen LogP contribution is 2.28. The first-order chi connectivity index (χ1) is 10.1. The van der Waals surface area contributed by atoms with Gasteiger partial charge >= 0.3 is 0 Å². The molecule has 1 saturated carbocycles. The molecule has 4 heteroatoms. The fourth-order valence-corrected chi connectivity index (χ4v) is 2.92. The lowest BCUT2D eigenvalue weighted by Gasteiger charge is -2.24. The Hall–Kier alpha value is -2.10. The van der Waals surface area contributed by atoms with E-state index in [0.717, 1.165) is 53.4 Å². The first kappa shape index (κ1) is 13.9. The molecule has 2 N–H and O–H groups in total. The summed E-state index contributed by atoms with van der Waals surface area (Å²) >= 11 is 0. The summed E-state index contributed by atoms with van der Waals surface area (Å²) in [5.74, 6) is 0.244. The lowest BCUT2D eigenvalue weighted by atomic mass is 9.85. The van der Waals surface area contributed by atoms with Gasteiger partial charge in [-0.25, -0.2) is 0 Å². The van der Waals surface area contributed by atoms with E-state index in [1.54, 1.807) is 0 Å². The van der Waals surface area contributed by atoms with Gasteiger partial charge in [-0.2, -0.15) is 0 Å². The molecule has 110 valence electrons. The summed E-state index contributed by atoms with van der Waals surface area (Å²) in [5, 5.41) is 3.98. The third kappa shape index (κ3) is 2.46. The summed E-state index contributed by atoms with van der Waals surface area (Å²) in [6, 6.07) is 5.72. The SMILES string of the molecule is CCc1c(C)c2ccc(NC(=O)C3CCC3)cc2[nH]c1=O. The Bertz CT molecular complexity index is 757. The van der Waals surface area contributed by atoms with E-state index in [1.165, 1.54) is 0 Å². The van der Waals surface area contributed by atoms with E-state index in [4.69, 9.17) is 0 Å². The quantitative estimate of drug-likeness (QED) is 0.909. The normalized spacial score (nSPS) is 15.0. The van der Waals surface area contributed by atoms with Gasteiger partial charge in [0.25, 0.3) is 5.56 Å². The van der Waals surface area contributed by atoms with Crippen LogP contribution in [0.3, 0.4) is 0 Å². The van der Waals surface area contributed by atoms with Gasteiger partial charge in [0.15, 0.2) is 0 Å². The van der Waals surface area contributed by atoms with Gasteiger partial charge in [0, 0.05) is 22.6 Å². The molecule has 1 aliphatic rings. The standard InChI is InChI=1S/C17H20N2O2/c1-3-13-10(2)14-8-7-12(9-15(14)19-17(13)21)18-16(20)11-5-4-6-11/h7-9,11H,3-6H2,1-2H3,(H,18,20)(H,19,21). The van der Waals surface area contributed by atoms with Crippen LogP contribution < -0.4 is 10.9 Å². The number of H-pyrrole nitrogens is 1. The molecule has 0 atom stereocenters. The van der Waals surface area contributed by atoms with Crippen molar-refractivity contribution >= 4 is 22.5 Å². The lowest BCUT2D eigenvalue weighted by Crippen LogP contribution is -2.28. The van der Waals surface area contributed by atoms with Gasteiger partial charge in [0.2, 0.25) is 5.91 Å². The molecule has 1 aromatic carbocycles. The van der Waals surface area contributed by atoms with Gasteiger partial charge in [0.1, 0.15) is 0 Å². The molecular formula is C17H20N2O2. The number of anilines is 1. The summed E-state index contributed by atoms with van der Waals surface area (Å²) in [7, 11) is 0. The van der Waals surface area contributed by atoms with Crippen LogP contribution >= 0.6 is 0 Å². The van der Waals surface area contributed by atoms with Crippen LogP contribution in [0.1, 0.15) is 37.3 Å². The topological polar surface area (TPSA) is 62.0 Å². The number of carbonyl (C=O) groups is 1. The van der Waals surface area contributed by atoms with Crippen LogP contribution in [-0.2, 0) is 11.2 Å². The summed E-state index contributed by atoms with van der Waals surface area (Å²) in [6.45, 7) is 3.96. The minimum atomic E-state index is -0.0371. The van der Waals surface area contributed by atoms with Crippen molar-refractivity contribution in [1.29, 1.82) is 0 Å². The first-order valence-corrected chi connectivity index (χ1v) is 7.56. The number of hydrogen-bond acceptors (Lipinski definition) is 2. The number of rotatable bonds is 3. The molecule has 0 spiro atoms. The molecule has 2 aromatic rings.